The summed E-state index contributed by atoms with van der Waals surface area (Å²) < 4.78 is 5.32. The average Bonchev–Trinajstić information content (AvgIpc) is 2.61. The van der Waals surface area contributed by atoms with Gasteiger partial charge in [0.15, 0.2) is 5.76 Å². The highest BCUT2D eigenvalue weighted by atomic mass is 79.9. The van der Waals surface area contributed by atoms with Gasteiger partial charge in [-0.25, -0.2) is 0 Å². The zero-order chi connectivity index (χ0) is 11.7. The number of rotatable bonds is 3. The van der Waals surface area contributed by atoms with Crippen LogP contribution in [0.15, 0.2) is 16.5 Å². The van der Waals surface area contributed by atoms with Gasteiger partial charge in [-0.3, -0.25) is 4.79 Å². The Hall–Kier alpha value is -0.770. The van der Waals surface area contributed by atoms with Gasteiger partial charge < -0.3 is 9.32 Å². The smallest absolute Gasteiger partial charge is 0.289 e. The third-order valence-electron chi connectivity index (χ3n) is 3.01. The van der Waals surface area contributed by atoms with Crippen molar-refractivity contribution in [1.29, 1.82) is 0 Å². The van der Waals surface area contributed by atoms with Crippen molar-refractivity contribution >= 4 is 21.8 Å². The Bertz CT molecular complexity index is 382. The molecule has 0 unspecified atom stereocenters. The molecule has 0 bridgehead atoms. The predicted molar refractivity (Wildman–Crippen MR) is 65.8 cm³/mol. The minimum absolute atomic E-state index is 0.0221. The van der Waals surface area contributed by atoms with Gasteiger partial charge in [0.2, 0.25) is 0 Å². The minimum atomic E-state index is -0.0221. The Kier molecular flexibility index (Phi) is 3.38. The van der Waals surface area contributed by atoms with Crippen molar-refractivity contribution in [1.82, 2.24) is 4.90 Å². The number of hydrogen-bond acceptors (Lipinski definition) is 2. The van der Waals surface area contributed by atoms with Gasteiger partial charge in [0.05, 0.1) is 0 Å². The fraction of sp³-hybridized carbons (Fsp3) is 0.583. The molecule has 3 nitrogen and oxygen atoms in total. The van der Waals surface area contributed by atoms with Crippen LogP contribution in [0.4, 0.5) is 0 Å². The first-order chi connectivity index (χ1) is 7.56. The molecule has 4 heteroatoms. The van der Waals surface area contributed by atoms with Gasteiger partial charge in [-0.2, -0.15) is 0 Å². The standard InChI is InChI=1S/C12H16BrNO2/c1-8-3-4-11(16-8)12(15)14(2)7-9-5-10(13)6-9/h3-4,9-10H,5-7H2,1-2H3. The number of hydrogen-bond donors (Lipinski definition) is 0. The molecule has 1 aliphatic rings. The van der Waals surface area contributed by atoms with E-state index in [4.69, 9.17) is 4.42 Å². The van der Waals surface area contributed by atoms with Crippen LogP contribution >= 0.6 is 15.9 Å². The lowest BCUT2D eigenvalue weighted by Gasteiger charge is -2.34. The van der Waals surface area contributed by atoms with Crippen molar-refractivity contribution in [3.63, 3.8) is 0 Å². The van der Waals surface area contributed by atoms with E-state index in [0.29, 0.717) is 16.5 Å². The molecule has 1 heterocycles. The van der Waals surface area contributed by atoms with Gasteiger partial charge >= 0.3 is 0 Å². The molecule has 0 saturated heterocycles. The third kappa shape index (κ3) is 2.48. The molecule has 1 amide bonds. The Morgan fingerprint density at radius 3 is 2.75 bits per heavy atom. The SMILES string of the molecule is Cc1ccc(C(=O)N(C)CC2CC(Br)C2)o1. The van der Waals surface area contributed by atoms with Crippen molar-refractivity contribution in [2.45, 2.75) is 24.6 Å². The molecule has 1 fully saturated rings. The zero-order valence-corrected chi connectivity index (χ0v) is 11.2. The molecule has 16 heavy (non-hydrogen) atoms. The van der Waals surface area contributed by atoms with Gasteiger partial charge in [0.25, 0.3) is 5.91 Å². The van der Waals surface area contributed by atoms with E-state index in [-0.39, 0.29) is 5.91 Å². The summed E-state index contributed by atoms with van der Waals surface area (Å²) in [5.74, 6) is 1.83. The summed E-state index contributed by atoms with van der Waals surface area (Å²) in [5.41, 5.74) is 0. The highest BCUT2D eigenvalue weighted by molar-refractivity contribution is 9.09. The normalized spacial score (nSPS) is 23.9. The van der Waals surface area contributed by atoms with Gasteiger partial charge in [0.1, 0.15) is 5.76 Å². The zero-order valence-electron chi connectivity index (χ0n) is 9.57. The molecule has 88 valence electrons. The van der Waals surface area contributed by atoms with E-state index in [9.17, 15) is 4.79 Å². The molecule has 0 spiro atoms. The van der Waals surface area contributed by atoms with E-state index < -0.39 is 0 Å². The highest BCUT2D eigenvalue weighted by Crippen LogP contribution is 2.33. The number of carbonyl (C=O) groups is 1. The van der Waals surface area contributed by atoms with Crippen LogP contribution in [0.3, 0.4) is 0 Å². The Balaban J connectivity index is 1.89. The largest absolute Gasteiger partial charge is 0.456 e. The van der Waals surface area contributed by atoms with Gasteiger partial charge in [-0.1, -0.05) is 15.9 Å². The van der Waals surface area contributed by atoms with E-state index in [1.54, 1.807) is 11.0 Å². The van der Waals surface area contributed by atoms with Crippen LogP contribution in [0.2, 0.25) is 0 Å². The second-order valence-corrected chi connectivity index (χ2v) is 5.83. The molecule has 0 radical (unpaired) electrons. The predicted octanol–water partition coefficient (Wildman–Crippen LogP) is 2.83. The molecule has 1 aromatic rings. The quantitative estimate of drug-likeness (QED) is 0.801. The van der Waals surface area contributed by atoms with Crippen LogP contribution in [0, 0.1) is 12.8 Å². The van der Waals surface area contributed by atoms with Crippen molar-refractivity contribution in [3.05, 3.63) is 23.7 Å². The maximum absolute atomic E-state index is 11.9. The fourth-order valence-electron chi connectivity index (χ4n) is 2.01. The molecule has 0 aromatic carbocycles. The van der Waals surface area contributed by atoms with E-state index >= 15 is 0 Å². The van der Waals surface area contributed by atoms with Crippen molar-refractivity contribution in [2.75, 3.05) is 13.6 Å². The Labute approximate surface area is 104 Å². The number of furan rings is 1. The fourth-order valence-corrected chi connectivity index (χ4v) is 3.07. The first kappa shape index (κ1) is 11.7. The molecule has 0 N–H and O–H groups in total. The summed E-state index contributed by atoms with van der Waals surface area (Å²) in [6.45, 7) is 2.67. The van der Waals surface area contributed by atoms with Gasteiger partial charge in [-0.15, -0.1) is 0 Å². The average molecular weight is 286 g/mol. The van der Waals surface area contributed by atoms with Crippen molar-refractivity contribution < 1.29 is 9.21 Å². The lowest BCUT2D eigenvalue weighted by Crippen LogP contribution is -2.37. The van der Waals surface area contributed by atoms with Crippen LogP contribution in [0.1, 0.15) is 29.2 Å². The second kappa shape index (κ2) is 4.62. The lowest BCUT2D eigenvalue weighted by atomic mass is 9.85. The minimum Gasteiger partial charge on any atom is -0.456 e. The van der Waals surface area contributed by atoms with Crippen LogP contribution in [0.5, 0.6) is 0 Å². The van der Waals surface area contributed by atoms with Crippen molar-refractivity contribution in [3.8, 4) is 0 Å². The molecule has 1 saturated carbocycles. The number of nitrogens with zero attached hydrogens (tertiary/aromatic N) is 1. The number of aryl methyl sites for hydroxylation is 1. The van der Waals surface area contributed by atoms with E-state index in [1.807, 2.05) is 20.0 Å². The summed E-state index contributed by atoms with van der Waals surface area (Å²) in [5, 5.41) is 0. The van der Waals surface area contributed by atoms with Gasteiger partial charge in [-0.05, 0) is 37.8 Å². The first-order valence-corrected chi connectivity index (χ1v) is 6.44. The number of amides is 1. The van der Waals surface area contributed by atoms with E-state index in [0.717, 1.165) is 25.1 Å². The van der Waals surface area contributed by atoms with Crippen LogP contribution in [-0.2, 0) is 0 Å². The van der Waals surface area contributed by atoms with E-state index in [1.165, 1.54) is 0 Å². The number of alkyl halides is 1. The number of halogens is 1. The highest BCUT2D eigenvalue weighted by Gasteiger charge is 2.29. The molecule has 1 aliphatic carbocycles. The van der Waals surface area contributed by atoms with Crippen molar-refractivity contribution in [2.24, 2.45) is 5.92 Å². The first-order valence-electron chi connectivity index (χ1n) is 5.52. The molecule has 1 aromatic heterocycles. The van der Waals surface area contributed by atoms with Gasteiger partial charge in [0, 0.05) is 18.4 Å². The summed E-state index contributed by atoms with van der Waals surface area (Å²) in [6.07, 6.45) is 2.32. The summed E-state index contributed by atoms with van der Waals surface area (Å²) in [6, 6.07) is 3.56. The molecule has 0 aliphatic heterocycles. The van der Waals surface area contributed by atoms with Crippen LogP contribution < -0.4 is 0 Å². The summed E-state index contributed by atoms with van der Waals surface area (Å²) in [7, 11) is 1.84. The molecule has 2 rings (SSSR count). The maximum atomic E-state index is 11.9. The molecular weight excluding hydrogens is 270 g/mol. The number of carbonyl (C=O) groups excluding carboxylic acids is 1. The monoisotopic (exact) mass is 285 g/mol. The summed E-state index contributed by atoms with van der Waals surface area (Å²) in [4.78, 5) is 14.3. The Morgan fingerprint density at radius 1 is 1.56 bits per heavy atom. The van der Waals surface area contributed by atoms with Crippen LogP contribution in [0.25, 0.3) is 0 Å². The topological polar surface area (TPSA) is 33.5 Å². The van der Waals surface area contributed by atoms with E-state index in [2.05, 4.69) is 15.9 Å². The lowest BCUT2D eigenvalue weighted by molar-refractivity contribution is 0.0716. The maximum Gasteiger partial charge on any atom is 0.289 e. The Morgan fingerprint density at radius 2 is 2.25 bits per heavy atom. The molecular formula is C12H16BrNO2. The second-order valence-electron chi connectivity index (χ2n) is 4.53. The third-order valence-corrected chi connectivity index (χ3v) is 3.76. The summed E-state index contributed by atoms with van der Waals surface area (Å²) >= 11 is 3.55. The molecule has 0 atom stereocenters. The van der Waals surface area contributed by atoms with Crippen LogP contribution in [-0.4, -0.2) is 29.2 Å².